The van der Waals surface area contributed by atoms with Crippen molar-refractivity contribution >= 4 is 21.9 Å². The minimum Gasteiger partial charge on any atom is -0.480 e. The Kier molecular flexibility index (Phi) is 4.01. The van der Waals surface area contributed by atoms with Gasteiger partial charge in [0, 0.05) is 11.0 Å². The van der Waals surface area contributed by atoms with Gasteiger partial charge in [0.15, 0.2) is 0 Å². The molecule has 2 aromatic rings. The zero-order valence-corrected chi connectivity index (χ0v) is 14.0. The number of nitrogens with zero attached hydrogens (tertiary/aromatic N) is 4. The molecule has 7 heteroatoms. The van der Waals surface area contributed by atoms with Gasteiger partial charge in [-0.3, -0.25) is 9.69 Å². The van der Waals surface area contributed by atoms with E-state index in [0.717, 1.165) is 27.2 Å². The number of aliphatic carboxylic acids is 1. The summed E-state index contributed by atoms with van der Waals surface area (Å²) in [6, 6.07) is 5.49. The highest BCUT2D eigenvalue weighted by atomic mass is 79.9. The predicted octanol–water partition coefficient (Wildman–Crippen LogP) is 2.13. The van der Waals surface area contributed by atoms with Crippen molar-refractivity contribution in [2.45, 2.75) is 39.5 Å². The lowest BCUT2D eigenvalue weighted by atomic mass is 10.1. The third kappa shape index (κ3) is 2.78. The zero-order chi connectivity index (χ0) is 15.9. The maximum absolute atomic E-state index is 11.6. The minimum absolute atomic E-state index is 0.388. The highest BCUT2D eigenvalue weighted by molar-refractivity contribution is 9.10. The van der Waals surface area contributed by atoms with E-state index in [2.05, 4.69) is 26.1 Å². The van der Waals surface area contributed by atoms with Gasteiger partial charge in [-0.05, 0) is 37.1 Å². The quantitative estimate of drug-likeness (QED) is 0.902. The Morgan fingerprint density at radius 3 is 2.86 bits per heavy atom. The molecule has 6 nitrogen and oxygen atoms in total. The molecule has 0 amide bonds. The van der Waals surface area contributed by atoms with E-state index in [4.69, 9.17) is 0 Å². The fourth-order valence-corrected chi connectivity index (χ4v) is 3.29. The fourth-order valence-electron chi connectivity index (χ4n) is 2.82. The molecule has 116 valence electrons. The van der Waals surface area contributed by atoms with E-state index in [1.807, 2.05) is 41.5 Å². The van der Waals surface area contributed by atoms with Crippen LogP contribution in [0.2, 0.25) is 0 Å². The van der Waals surface area contributed by atoms with Crippen LogP contribution < -0.4 is 0 Å². The molecular weight excluding hydrogens is 348 g/mol. The number of fused-ring (bicyclic) bond motifs is 1. The van der Waals surface area contributed by atoms with Crippen LogP contribution in [0.1, 0.15) is 22.8 Å². The Labute approximate surface area is 136 Å². The van der Waals surface area contributed by atoms with E-state index in [0.29, 0.717) is 19.6 Å². The summed E-state index contributed by atoms with van der Waals surface area (Å²) in [6.45, 7) is 5.35. The van der Waals surface area contributed by atoms with Crippen molar-refractivity contribution in [2.75, 3.05) is 0 Å². The van der Waals surface area contributed by atoms with E-state index >= 15 is 0 Å². The number of aromatic nitrogens is 3. The van der Waals surface area contributed by atoms with E-state index < -0.39 is 12.0 Å². The number of rotatable bonds is 3. The number of carboxylic acid groups (broad SMARTS) is 1. The Morgan fingerprint density at radius 2 is 2.18 bits per heavy atom. The van der Waals surface area contributed by atoms with Crippen molar-refractivity contribution < 1.29 is 9.90 Å². The summed E-state index contributed by atoms with van der Waals surface area (Å²) in [5.41, 5.74) is 2.26. The largest absolute Gasteiger partial charge is 0.480 e. The molecular formula is C15H17BrN4O2. The van der Waals surface area contributed by atoms with Crippen molar-refractivity contribution in [3.63, 3.8) is 0 Å². The number of aryl methyl sites for hydroxylation is 2. The first-order chi connectivity index (χ1) is 10.5. The van der Waals surface area contributed by atoms with Crippen LogP contribution in [0.3, 0.4) is 0 Å². The van der Waals surface area contributed by atoms with Crippen LogP contribution >= 0.6 is 15.9 Å². The van der Waals surface area contributed by atoms with Crippen LogP contribution in [-0.4, -0.2) is 36.8 Å². The van der Waals surface area contributed by atoms with Crippen LogP contribution in [0.25, 0.3) is 0 Å². The van der Waals surface area contributed by atoms with E-state index in [1.165, 1.54) is 0 Å². The fraction of sp³-hybridized carbons (Fsp3) is 0.400. The van der Waals surface area contributed by atoms with Gasteiger partial charge in [0.1, 0.15) is 17.7 Å². The topological polar surface area (TPSA) is 71.2 Å². The molecule has 0 bridgehead atoms. The summed E-state index contributed by atoms with van der Waals surface area (Å²) in [4.78, 5) is 13.6. The van der Waals surface area contributed by atoms with Gasteiger partial charge in [-0.2, -0.15) is 0 Å². The maximum atomic E-state index is 11.6. The van der Waals surface area contributed by atoms with Crippen molar-refractivity contribution in [1.29, 1.82) is 0 Å². The smallest absolute Gasteiger partial charge is 0.322 e. The monoisotopic (exact) mass is 364 g/mol. The third-order valence-corrected chi connectivity index (χ3v) is 4.61. The Balaban J connectivity index is 1.89. The first kappa shape index (κ1) is 15.2. The van der Waals surface area contributed by atoms with Gasteiger partial charge in [0.2, 0.25) is 0 Å². The van der Waals surface area contributed by atoms with Gasteiger partial charge in [-0.25, -0.2) is 0 Å². The molecule has 2 heterocycles. The second kappa shape index (κ2) is 5.81. The van der Waals surface area contributed by atoms with Gasteiger partial charge >= 0.3 is 5.97 Å². The van der Waals surface area contributed by atoms with Crippen LogP contribution in [0.15, 0.2) is 22.7 Å². The lowest BCUT2D eigenvalue weighted by Gasteiger charge is -2.33. The molecule has 1 N–H and O–H groups in total. The molecule has 1 aromatic heterocycles. The second-order valence-electron chi connectivity index (χ2n) is 5.60. The normalized spacial score (nSPS) is 18.2. The van der Waals surface area contributed by atoms with Crippen LogP contribution in [-0.2, 0) is 24.4 Å². The summed E-state index contributed by atoms with van der Waals surface area (Å²) in [7, 11) is 0. The molecule has 22 heavy (non-hydrogen) atoms. The Bertz CT molecular complexity index is 728. The maximum Gasteiger partial charge on any atom is 0.322 e. The van der Waals surface area contributed by atoms with Gasteiger partial charge in [0.25, 0.3) is 0 Å². The zero-order valence-electron chi connectivity index (χ0n) is 12.5. The molecule has 1 unspecified atom stereocenters. The predicted molar refractivity (Wildman–Crippen MR) is 84.3 cm³/mol. The van der Waals surface area contributed by atoms with Crippen molar-refractivity contribution in [1.82, 2.24) is 19.7 Å². The van der Waals surface area contributed by atoms with E-state index in [-0.39, 0.29) is 0 Å². The Morgan fingerprint density at radius 1 is 1.41 bits per heavy atom. The summed E-state index contributed by atoms with van der Waals surface area (Å²) in [5.74, 6) is 0.777. The van der Waals surface area contributed by atoms with Gasteiger partial charge in [0.05, 0.1) is 13.1 Å². The van der Waals surface area contributed by atoms with E-state index in [9.17, 15) is 9.90 Å². The van der Waals surface area contributed by atoms with Gasteiger partial charge < -0.3 is 9.67 Å². The molecule has 0 fully saturated rings. The first-order valence-corrected chi connectivity index (χ1v) is 7.85. The SMILES string of the molecule is Cc1cc(Br)ccc1CN1Cc2nnc(C)n2CC1C(=O)O. The number of benzene rings is 1. The number of halogens is 1. The lowest BCUT2D eigenvalue weighted by molar-refractivity contribution is -0.145. The number of hydrogen-bond donors (Lipinski definition) is 1. The summed E-state index contributed by atoms with van der Waals surface area (Å²) in [6.07, 6.45) is 0. The molecule has 1 aliphatic heterocycles. The van der Waals surface area contributed by atoms with Crippen LogP contribution in [0, 0.1) is 13.8 Å². The van der Waals surface area contributed by atoms with Gasteiger partial charge in [-0.15, -0.1) is 10.2 Å². The highest BCUT2D eigenvalue weighted by Crippen LogP contribution is 2.23. The van der Waals surface area contributed by atoms with Crippen LogP contribution in [0.4, 0.5) is 0 Å². The first-order valence-electron chi connectivity index (χ1n) is 7.06. The molecule has 1 aliphatic rings. The molecule has 0 saturated heterocycles. The molecule has 0 saturated carbocycles. The molecule has 3 rings (SSSR count). The minimum atomic E-state index is -0.812. The summed E-state index contributed by atoms with van der Waals surface area (Å²) >= 11 is 3.45. The highest BCUT2D eigenvalue weighted by Gasteiger charge is 2.33. The Hall–Kier alpha value is -1.73. The molecule has 0 radical (unpaired) electrons. The van der Waals surface area contributed by atoms with Gasteiger partial charge in [-0.1, -0.05) is 22.0 Å². The number of hydrogen-bond acceptors (Lipinski definition) is 4. The average molecular weight is 365 g/mol. The second-order valence-corrected chi connectivity index (χ2v) is 6.52. The number of carbonyl (C=O) groups is 1. The lowest BCUT2D eigenvalue weighted by Crippen LogP contribution is -2.47. The van der Waals surface area contributed by atoms with Crippen molar-refractivity contribution in [3.8, 4) is 0 Å². The molecule has 1 aromatic carbocycles. The standard InChI is InChI=1S/C15H17BrN4O2/c1-9-5-12(16)4-3-11(9)6-19-8-14-18-17-10(2)20(14)7-13(19)15(21)22/h3-5,13H,6-8H2,1-2H3,(H,21,22). The van der Waals surface area contributed by atoms with Crippen molar-refractivity contribution in [3.05, 3.63) is 45.4 Å². The van der Waals surface area contributed by atoms with Crippen molar-refractivity contribution in [2.24, 2.45) is 0 Å². The summed E-state index contributed by atoms with van der Waals surface area (Å²) in [5, 5.41) is 17.7. The molecule has 0 aliphatic carbocycles. The number of carboxylic acids is 1. The molecule has 0 spiro atoms. The molecule has 1 atom stereocenters. The van der Waals surface area contributed by atoms with E-state index in [1.54, 1.807) is 0 Å². The third-order valence-electron chi connectivity index (χ3n) is 4.12. The summed E-state index contributed by atoms with van der Waals surface area (Å²) < 4.78 is 2.92. The van der Waals surface area contributed by atoms with Crippen LogP contribution in [0.5, 0.6) is 0 Å². The average Bonchev–Trinajstić information content (AvgIpc) is 2.82.